The Kier molecular flexibility index (Phi) is 8.02. The summed E-state index contributed by atoms with van der Waals surface area (Å²) in [6.07, 6.45) is 0.899. The van der Waals surface area contributed by atoms with Gasteiger partial charge in [-0.25, -0.2) is 0 Å². The van der Waals surface area contributed by atoms with Crippen molar-refractivity contribution < 1.29 is 0 Å². The van der Waals surface area contributed by atoms with Crippen LogP contribution in [0, 0.1) is 0 Å². The maximum atomic E-state index is 2.59. The van der Waals surface area contributed by atoms with Gasteiger partial charge in [0.25, 0.3) is 0 Å². The molecule has 282 valence electrons. The molecule has 0 spiro atoms. The van der Waals surface area contributed by atoms with Crippen LogP contribution in [0.1, 0.15) is 17.2 Å². The summed E-state index contributed by atoms with van der Waals surface area (Å²) >= 11 is 0. The molecule has 1 heterocycles. The van der Waals surface area contributed by atoms with Crippen LogP contribution in [0.5, 0.6) is 0 Å². The lowest BCUT2D eigenvalue weighted by molar-refractivity contribution is 0.685. The van der Waals surface area contributed by atoms with Crippen LogP contribution in [0.4, 0.5) is 11.4 Å². The zero-order chi connectivity index (χ0) is 39.6. The number of hydrogen-bond donors (Lipinski definition) is 0. The van der Waals surface area contributed by atoms with Crippen molar-refractivity contribution >= 4 is 54.7 Å². The van der Waals surface area contributed by atoms with E-state index in [1.54, 1.807) is 0 Å². The standard InChI is InChI=1S/C58H40N2/c1-2-20-44(21-3-1)60-55-30-14-29-50(57(55)54-36-33-40-16-5-9-25-51(40)58(54)60)42-19-12-22-46(37-42)59(56-38-43-17-6-8-24-49(43)52-26-10-11-27-53(52)56)45-34-31-41(32-35-45)48-28-13-18-39-15-4-7-23-47(39)48/h1-37,56H,38H2. The van der Waals surface area contributed by atoms with Crippen LogP contribution in [0.15, 0.2) is 224 Å². The number of aromatic nitrogens is 1. The monoisotopic (exact) mass is 764 g/mol. The van der Waals surface area contributed by atoms with Crippen LogP contribution in [0.2, 0.25) is 0 Å². The zero-order valence-electron chi connectivity index (χ0n) is 33.0. The molecule has 2 heteroatoms. The molecule has 0 radical (unpaired) electrons. The molecule has 12 rings (SSSR count). The molecule has 0 bridgehead atoms. The molecule has 0 amide bonds. The summed E-state index contributed by atoms with van der Waals surface area (Å²) in [7, 11) is 0. The van der Waals surface area contributed by atoms with E-state index < -0.39 is 0 Å². The van der Waals surface area contributed by atoms with Crippen molar-refractivity contribution in [3.05, 3.63) is 236 Å². The van der Waals surface area contributed by atoms with Crippen molar-refractivity contribution in [3.63, 3.8) is 0 Å². The van der Waals surface area contributed by atoms with Crippen LogP contribution in [0.3, 0.4) is 0 Å². The maximum absolute atomic E-state index is 2.59. The average molecular weight is 765 g/mol. The molecule has 2 nitrogen and oxygen atoms in total. The van der Waals surface area contributed by atoms with Gasteiger partial charge in [0.15, 0.2) is 0 Å². The fourth-order valence-corrected chi connectivity index (χ4v) is 10.1. The van der Waals surface area contributed by atoms with E-state index in [0.717, 1.165) is 12.1 Å². The van der Waals surface area contributed by atoms with E-state index >= 15 is 0 Å². The first kappa shape index (κ1) is 34.4. The molecule has 0 fully saturated rings. The second-order valence-corrected chi connectivity index (χ2v) is 16.0. The van der Waals surface area contributed by atoms with E-state index in [0.29, 0.717) is 0 Å². The third-order valence-electron chi connectivity index (χ3n) is 12.7. The average Bonchev–Trinajstić information content (AvgIpc) is 3.67. The normalized spacial score (nSPS) is 13.4. The van der Waals surface area contributed by atoms with Crippen molar-refractivity contribution in [2.24, 2.45) is 0 Å². The number of para-hydroxylation sites is 1. The van der Waals surface area contributed by atoms with Gasteiger partial charge in [-0.15, -0.1) is 0 Å². The number of fused-ring (bicyclic) bond motifs is 9. The summed E-state index contributed by atoms with van der Waals surface area (Å²) in [4.78, 5) is 2.59. The predicted octanol–water partition coefficient (Wildman–Crippen LogP) is 15.5. The second-order valence-electron chi connectivity index (χ2n) is 16.0. The maximum Gasteiger partial charge on any atom is 0.0638 e. The van der Waals surface area contributed by atoms with E-state index in [4.69, 9.17) is 0 Å². The fourth-order valence-electron chi connectivity index (χ4n) is 10.1. The number of anilines is 2. The molecule has 1 aromatic heterocycles. The highest BCUT2D eigenvalue weighted by Crippen LogP contribution is 2.48. The molecule has 0 saturated heterocycles. The van der Waals surface area contributed by atoms with Gasteiger partial charge in [0, 0.05) is 33.2 Å². The number of hydrogen-bond acceptors (Lipinski definition) is 1. The van der Waals surface area contributed by atoms with Gasteiger partial charge >= 0.3 is 0 Å². The topological polar surface area (TPSA) is 8.17 Å². The molecular formula is C58H40N2. The van der Waals surface area contributed by atoms with Crippen molar-refractivity contribution in [1.82, 2.24) is 4.57 Å². The second kappa shape index (κ2) is 14.0. The fraction of sp³-hybridized carbons (Fsp3) is 0.0345. The summed E-state index contributed by atoms with van der Waals surface area (Å²) in [6.45, 7) is 0. The Morgan fingerprint density at radius 2 is 1.05 bits per heavy atom. The van der Waals surface area contributed by atoms with E-state index in [9.17, 15) is 0 Å². The summed E-state index contributed by atoms with van der Waals surface area (Å²) in [5, 5.41) is 7.54. The number of rotatable bonds is 6. The third kappa shape index (κ3) is 5.49. The zero-order valence-corrected chi connectivity index (χ0v) is 33.0. The smallest absolute Gasteiger partial charge is 0.0638 e. The molecule has 10 aromatic carbocycles. The minimum atomic E-state index is 0.0805. The van der Waals surface area contributed by atoms with Crippen molar-refractivity contribution in [2.75, 3.05) is 4.90 Å². The first-order valence-electron chi connectivity index (χ1n) is 20.9. The third-order valence-corrected chi connectivity index (χ3v) is 12.7. The highest BCUT2D eigenvalue weighted by atomic mass is 15.2. The van der Waals surface area contributed by atoms with E-state index in [-0.39, 0.29) is 6.04 Å². The summed E-state index contributed by atoms with van der Waals surface area (Å²) in [5.74, 6) is 0. The Labute approximate surface area is 349 Å². The predicted molar refractivity (Wildman–Crippen MR) is 254 cm³/mol. The summed E-state index contributed by atoms with van der Waals surface area (Å²) in [6, 6.07) is 82.8. The molecule has 0 saturated carbocycles. The number of benzene rings is 10. The lowest BCUT2D eigenvalue weighted by Crippen LogP contribution is -2.28. The molecule has 0 aliphatic heterocycles. The minimum Gasteiger partial charge on any atom is -0.334 e. The van der Waals surface area contributed by atoms with Crippen LogP contribution >= 0.6 is 0 Å². The molecular weight excluding hydrogens is 725 g/mol. The van der Waals surface area contributed by atoms with E-state index in [2.05, 4.69) is 234 Å². The molecule has 1 aliphatic rings. The Morgan fingerprint density at radius 1 is 0.400 bits per heavy atom. The SMILES string of the molecule is c1ccc(-n2c3cccc(-c4cccc(N(c5ccc(-c6cccc7ccccc67)cc5)C5Cc6ccccc6-c6ccccc65)c4)c3c3ccc4ccccc4c32)cc1. The van der Waals surface area contributed by atoms with Gasteiger partial charge in [-0.05, 0) is 110 Å². The molecule has 11 aromatic rings. The van der Waals surface area contributed by atoms with Gasteiger partial charge in [-0.1, -0.05) is 182 Å². The molecule has 0 N–H and O–H groups in total. The molecule has 1 atom stereocenters. The number of nitrogens with zero attached hydrogens (tertiary/aromatic N) is 2. The van der Waals surface area contributed by atoms with Crippen LogP contribution in [-0.2, 0) is 6.42 Å². The van der Waals surface area contributed by atoms with Gasteiger partial charge in [0.05, 0.1) is 17.1 Å². The molecule has 60 heavy (non-hydrogen) atoms. The lowest BCUT2D eigenvalue weighted by Gasteiger charge is -2.38. The summed E-state index contributed by atoms with van der Waals surface area (Å²) < 4.78 is 2.46. The van der Waals surface area contributed by atoms with Crippen LogP contribution in [0.25, 0.3) is 82.4 Å². The van der Waals surface area contributed by atoms with Crippen LogP contribution in [-0.4, -0.2) is 4.57 Å². The van der Waals surface area contributed by atoms with Gasteiger partial charge in [-0.2, -0.15) is 0 Å². The highest BCUT2D eigenvalue weighted by molar-refractivity contribution is 6.22. The van der Waals surface area contributed by atoms with Crippen molar-refractivity contribution in [1.29, 1.82) is 0 Å². The van der Waals surface area contributed by atoms with Crippen LogP contribution < -0.4 is 4.90 Å². The van der Waals surface area contributed by atoms with Gasteiger partial charge < -0.3 is 9.47 Å². The molecule has 1 aliphatic carbocycles. The first-order valence-corrected chi connectivity index (χ1v) is 20.9. The van der Waals surface area contributed by atoms with Gasteiger partial charge in [0.2, 0.25) is 0 Å². The van der Waals surface area contributed by atoms with E-state index in [1.165, 1.54) is 99.2 Å². The minimum absolute atomic E-state index is 0.0805. The highest BCUT2D eigenvalue weighted by Gasteiger charge is 2.31. The van der Waals surface area contributed by atoms with Gasteiger partial charge in [-0.3, -0.25) is 0 Å². The first-order chi connectivity index (χ1) is 29.8. The Balaban J connectivity index is 1.06. The Bertz CT molecular complexity index is 3410. The Morgan fingerprint density at radius 3 is 1.92 bits per heavy atom. The van der Waals surface area contributed by atoms with Gasteiger partial charge in [0.1, 0.15) is 0 Å². The van der Waals surface area contributed by atoms with E-state index in [1.807, 2.05) is 0 Å². The molecule has 1 unspecified atom stereocenters. The Hall–Kier alpha value is -7.68. The quantitative estimate of drug-likeness (QED) is 0.164. The largest absolute Gasteiger partial charge is 0.334 e. The van der Waals surface area contributed by atoms with Crippen molar-refractivity contribution in [2.45, 2.75) is 12.5 Å². The van der Waals surface area contributed by atoms with Crippen molar-refractivity contribution in [3.8, 4) is 39.1 Å². The summed E-state index contributed by atoms with van der Waals surface area (Å²) in [5.41, 5.74) is 16.2. The lowest BCUT2D eigenvalue weighted by atomic mass is 9.81.